The number of aromatic hydroxyl groups is 1. The van der Waals surface area contributed by atoms with E-state index in [-0.39, 0.29) is 10.9 Å². The predicted octanol–water partition coefficient (Wildman–Crippen LogP) is 2.87. The van der Waals surface area contributed by atoms with E-state index in [2.05, 4.69) is 22.4 Å². The van der Waals surface area contributed by atoms with Crippen LogP contribution in [0.2, 0.25) is 0 Å². The summed E-state index contributed by atoms with van der Waals surface area (Å²) in [6.45, 7) is 0. The highest BCUT2D eigenvalue weighted by Gasteiger charge is 2.05. The number of hydrogen-bond donors (Lipinski definition) is 2. The number of benzene rings is 2. The van der Waals surface area contributed by atoms with Crippen LogP contribution < -0.4 is 5.73 Å². The molecule has 80 valence electrons. The first kappa shape index (κ1) is 10.5. The first-order valence-electron chi connectivity index (χ1n) is 4.60. The van der Waals surface area contributed by atoms with E-state index in [1.807, 2.05) is 30.3 Å². The molecule has 5 heteroatoms. The fourth-order valence-electron chi connectivity index (χ4n) is 1.45. The van der Waals surface area contributed by atoms with Crippen LogP contribution in [0.25, 0.3) is 10.8 Å². The van der Waals surface area contributed by atoms with Gasteiger partial charge in [0, 0.05) is 5.39 Å². The Morgan fingerprint density at radius 1 is 1.19 bits per heavy atom. The molecule has 2 aromatic rings. The lowest BCUT2D eigenvalue weighted by atomic mass is 10.1. The van der Waals surface area contributed by atoms with Crippen LogP contribution in [0.5, 0.6) is 5.75 Å². The third-order valence-electron chi connectivity index (χ3n) is 2.13. The maximum Gasteiger partial charge on any atom is 0.211 e. The summed E-state index contributed by atoms with van der Waals surface area (Å²) in [7, 11) is 0. The second-order valence-corrected chi connectivity index (χ2v) is 3.61. The van der Waals surface area contributed by atoms with Crippen molar-refractivity contribution in [3.63, 3.8) is 0 Å². The molecule has 0 saturated heterocycles. The average molecular weight is 231 g/mol. The number of rotatable bonds is 1. The Bertz CT molecular complexity index is 580. The van der Waals surface area contributed by atoms with Crippen LogP contribution in [0, 0.1) is 0 Å². The highest BCUT2D eigenvalue weighted by molar-refractivity contribution is 7.80. The van der Waals surface area contributed by atoms with Gasteiger partial charge in [0.2, 0.25) is 5.11 Å². The molecule has 2 rings (SSSR count). The number of phenolic OH excluding ortho intramolecular Hbond substituents is 1. The molecule has 0 radical (unpaired) electrons. The van der Waals surface area contributed by atoms with E-state index in [0.29, 0.717) is 5.69 Å². The Kier molecular flexibility index (Phi) is 2.78. The Labute approximate surface area is 97.4 Å². The molecule has 0 heterocycles. The molecular weight excluding hydrogens is 222 g/mol. The Morgan fingerprint density at radius 2 is 1.94 bits per heavy atom. The molecule has 0 spiro atoms. The summed E-state index contributed by atoms with van der Waals surface area (Å²) in [5, 5.41) is 18.8. The van der Waals surface area contributed by atoms with Crippen LogP contribution in [-0.4, -0.2) is 10.2 Å². The van der Waals surface area contributed by atoms with Gasteiger partial charge in [0.05, 0.1) is 0 Å². The van der Waals surface area contributed by atoms with Crippen molar-refractivity contribution in [1.82, 2.24) is 0 Å². The second kappa shape index (κ2) is 4.24. The molecule has 0 fully saturated rings. The molecule has 0 amide bonds. The van der Waals surface area contributed by atoms with Crippen molar-refractivity contribution in [3.8, 4) is 5.75 Å². The molecule has 16 heavy (non-hydrogen) atoms. The van der Waals surface area contributed by atoms with Crippen LogP contribution in [0.1, 0.15) is 0 Å². The lowest BCUT2D eigenvalue weighted by molar-refractivity contribution is 0.477. The zero-order valence-corrected chi connectivity index (χ0v) is 9.11. The largest absolute Gasteiger partial charge is 0.506 e. The maximum absolute atomic E-state index is 9.68. The number of nitrogens with two attached hydrogens (primary N) is 1. The van der Waals surface area contributed by atoms with E-state index in [1.54, 1.807) is 6.07 Å². The topological polar surface area (TPSA) is 71.0 Å². The van der Waals surface area contributed by atoms with Crippen molar-refractivity contribution in [2.45, 2.75) is 0 Å². The van der Waals surface area contributed by atoms with Gasteiger partial charge in [0.25, 0.3) is 0 Å². The standard InChI is InChI=1S/C11H9N3OS/c12-11(16)14-13-10-8-4-2-1-3-7(8)5-6-9(10)15/h1-6,15H,(H2,12,16). The van der Waals surface area contributed by atoms with Gasteiger partial charge in [0.15, 0.2) is 0 Å². The predicted molar refractivity (Wildman–Crippen MR) is 66.9 cm³/mol. The zero-order valence-electron chi connectivity index (χ0n) is 8.29. The van der Waals surface area contributed by atoms with Crippen molar-refractivity contribution >= 4 is 33.8 Å². The molecule has 4 nitrogen and oxygen atoms in total. The Morgan fingerprint density at radius 3 is 2.69 bits per heavy atom. The molecule has 3 N–H and O–H groups in total. The molecule has 0 aliphatic heterocycles. The molecule has 0 aliphatic rings. The van der Waals surface area contributed by atoms with Gasteiger partial charge in [-0.1, -0.05) is 30.3 Å². The van der Waals surface area contributed by atoms with Gasteiger partial charge >= 0.3 is 0 Å². The SMILES string of the molecule is NC(=S)N=Nc1c(O)ccc2ccccc12. The average Bonchev–Trinajstić information content (AvgIpc) is 2.27. The minimum absolute atomic E-state index is 0.0544. The van der Waals surface area contributed by atoms with Gasteiger partial charge in [-0.15, -0.1) is 10.2 Å². The minimum Gasteiger partial charge on any atom is -0.506 e. The number of fused-ring (bicyclic) bond motifs is 1. The highest BCUT2D eigenvalue weighted by Crippen LogP contribution is 2.34. The summed E-state index contributed by atoms with van der Waals surface area (Å²) in [6, 6.07) is 10.9. The summed E-state index contributed by atoms with van der Waals surface area (Å²) >= 11 is 4.60. The van der Waals surface area contributed by atoms with Crippen LogP contribution in [-0.2, 0) is 0 Å². The summed E-state index contributed by atoms with van der Waals surface area (Å²) in [5.41, 5.74) is 5.60. The lowest BCUT2D eigenvalue weighted by Gasteiger charge is -2.02. The Hall–Kier alpha value is -2.01. The molecule has 2 aromatic carbocycles. The monoisotopic (exact) mass is 231 g/mol. The fourth-order valence-corrected chi connectivity index (χ4v) is 1.49. The summed E-state index contributed by atoms with van der Waals surface area (Å²) in [6.07, 6.45) is 0. The highest BCUT2D eigenvalue weighted by atomic mass is 32.1. The quantitative estimate of drug-likeness (QED) is 0.585. The normalized spacial score (nSPS) is 11.0. The summed E-state index contributed by atoms with van der Waals surface area (Å²) in [4.78, 5) is 0. The molecule has 0 aromatic heterocycles. The van der Waals surface area contributed by atoms with Gasteiger partial charge in [-0.05, 0) is 23.7 Å². The van der Waals surface area contributed by atoms with Crippen LogP contribution in [0.15, 0.2) is 46.6 Å². The van der Waals surface area contributed by atoms with Crippen molar-refractivity contribution in [2.24, 2.45) is 16.0 Å². The Balaban J connectivity index is 2.66. The summed E-state index contributed by atoms with van der Waals surface area (Å²) < 4.78 is 0. The van der Waals surface area contributed by atoms with E-state index >= 15 is 0 Å². The first-order chi connectivity index (χ1) is 7.68. The van der Waals surface area contributed by atoms with E-state index < -0.39 is 0 Å². The summed E-state index contributed by atoms with van der Waals surface area (Å²) in [5.74, 6) is 0.0544. The molecule has 0 saturated carbocycles. The third kappa shape index (κ3) is 1.99. The van der Waals surface area contributed by atoms with Gasteiger partial charge < -0.3 is 10.8 Å². The number of azo groups is 1. The van der Waals surface area contributed by atoms with Crippen molar-refractivity contribution in [2.75, 3.05) is 0 Å². The number of thiocarbonyl (C=S) groups is 1. The molecular formula is C11H9N3OS. The smallest absolute Gasteiger partial charge is 0.211 e. The van der Waals surface area contributed by atoms with Crippen LogP contribution in [0.4, 0.5) is 5.69 Å². The van der Waals surface area contributed by atoms with Crippen molar-refractivity contribution in [3.05, 3.63) is 36.4 Å². The van der Waals surface area contributed by atoms with E-state index in [9.17, 15) is 5.11 Å². The van der Waals surface area contributed by atoms with Crippen molar-refractivity contribution in [1.29, 1.82) is 0 Å². The van der Waals surface area contributed by atoms with Crippen LogP contribution >= 0.6 is 12.2 Å². The fraction of sp³-hybridized carbons (Fsp3) is 0. The molecule has 0 bridgehead atoms. The van der Waals surface area contributed by atoms with Gasteiger partial charge in [0.1, 0.15) is 11.4 Å². The molecule has 0 atom stereocenters. The van der Waals surface area contributed by atoms with E-state index in [0.717, 1.165) is 10.8 Å². The first-order valence-corrected chi connectivity index (χ1v) is 5.01. The van der Waals surface area contributed by atoms with Crippen LogP contribution in [0.3, 0.4) is 0 Å². The minimum atomic E-state index is -0.0627. The van der Waals surface area contributed by atoms with E-state index in [1.165, 1.54) is 0 Å². The number of nitrogens with zero attached hydrogens (tertiary/aromatic N) is 2. The number of hydrogen-bond acceptors (Lipinski definition) is 3. The number of phenols is 1. The third-order valence-corrected chi connectivity index (χ3v) is 2.21. The zero-order chi connectivity index (χ0) is 11.5. The second-order valence-electron chi connectivity index (χ2n) is 3.19. The van der Waals surface area contributed by atoms with Gasteiger partial charge in [-0.2, -0.15) is 0 Å². The van der Waals surface area contributed by atoms with E-state index in [4.69, 9.17) is 5.73 Å². The molecule has 0 unspecified atom stereocenters. The van der Waals surface area contributed by atoms with Crippen molar-refractivity contribution < 1.29 is 5.11 Å². The lowest BCUT2D eigenvalue weighted by Crippen LogP contribution is -2.01. The maximum atomic E-state index is 9.68. The van der Waals surface area contributed by atoms with Gasteiger partial charge in [-0.3, -0.25) is 0 Å². The molecule has 0 aliphatic carbocycles. The van der Waals surface area contributed by atoms with Gasteiger partial charge in [-0.25, -0.2) is 0 Å².